The molecule has 3 rings (SSSR count). The molecule has 1 saturated heterocycles. The van der Waals surface area contributed by atoms with Crippen molar-refractivity contribution in [1.29, 1.82) is 0 Å². The number of furan rings is 2. The summed E-state index contributed by atoms with van der Waals surface area (Å²) in [7, 11) is 0. The van der Waals surface area contributed by atoms with E-state index >= 15 is 0 Å². The van der Waals surface area contributed by atoms with Gasteiger partial charge in [-0.25, -0.2) is 0 Å². The SMILES string of the molecule is Cc1occc1C(=O)N(CCC(=O)NCCCN1CCCCC1C)Cc1ccco1. The van der Waals surface area contributed by atoms with Crippen LogP contribution in [0.3, 0.4) is 0 Å². The highest BCUT2D eigenvalue weighted by atomic mass is 16.3. The van der Waals surface area contributed by atoms with Gasteiger partial charge in [0.15, 0.2) is 0 Å². The molecule has 0 saturated carbocycles. The molecule has 0 radical (unpaired) electrons. The van der Waals surface area contributed by atoms with Crippen molar-refractivity contribution in [2.75, 3.05) is 26.2 Å². The maximum atomic E-state index is 12.9. The number of carbonyl (C=O) groups is 2. The molecule has 3 heterocycles. The predicted molar refractivity (Wildman–Crippen MR) is 114 cm³/mol. The minimum atomic E-state index is -0.162. The summed E-state index contributed by atoms with van der Waals surface area (Å²) >= 11 is 0. The molecule has 2 aromatic heterocycles. The maximum Gasteiger partial charge on any atom is 0.257 e. The van der Waals surface area contributed by atoms with E-state index in [0.717, 1.165) is 19.5 Å². The van der Waals surface area contributed by atoms with Crippen LogP contribution in [-0.2, 0) is 11.3 Å². The van der Waals surface area contributed by atoms with Crippen molar-refractivity contribution >= 4 is 11.8 Å². The Hall–Kier alpha value is -2.54. The zero-order valence-electron chi connectivity index (χ0n) is 18.1. The van der Waals surface area contributed by atoms with E-state index in [4.69, 9.17) is 8.83 Å². The summed E-state index contributed by atoms with van der Waals surface area (Å²) < 4.78 is 10.7. The lowest BCUT2D eigenvalue weighted by Crippen LogP contribution is -2.39. The van der Waals surface area contributed by atoms with E-state index in [1.165, 1.54) is 25.5 Å². The lowest BCUT2D eigenvalue weighted by molar-refractivity contribution is -0.121. The third-order valence-electron chi connectivity index (χ3n) is 5.80. The summed E-state index contributed by atoms with van der Waals surface area (Å²) in [5.74, 6) is 1.05. The van der Waals surface area contributed by atoms with Crippen LogP contribution in [0.5, 0.6) is 0 Å². The monoisotopic (exact) mass is 415 g/mol. The highest BCUT2D eigenvalue weighted by molar-refractivity contribution is 5.95. The van der Waals surface area contributed by atoms with Crippen LogP contribution in [0, 0.1) is 6.92 Å². The van der Waals surface area contributed by atoms with Gasteiger partial charge in [0.2, 0.25) is 5.91 Å². The van der Waals surface area contributed by atoms with Gasteiger partial charge in [-0.15, -0.1) is 0 Å². The molecule has 0 spiro atoms. The fourth-order valence-electron chi connectivity index (χ4n) is 3.94. The Balaban J connectivity index is 1.45. The van der Waals surface area contributed by atoms with Gasteiger partial charge < -0.3 is 24.0 Å². The number of hydrogen-bond acceptors (Lipinski definition) is 5. The summed E-state index contributed by atoms with van der Waals surface area (Å²) in [5.41, 5.74) is 0.512. The quantitative estimate of drug-likeness (QED) is 0.600. The first-order valence-electron chi connectivity index (χ1n) is 10.9. The van der Waals surface area contributed by atoms with Gasteiger partial charge in [-0.3, -0.25) is 9.59 Å². The summed E-state index contributed by atoms with van der Waals surface area (Å²) in [6.45, 7) is 7.51. The number of hydrogen-bond donors (Lipinski definition) is 1. The molecule has 7 nitrogen and oxygen atoms in total. The molecule has 0 aromatic carbocycles. The normalized spacial score (nSPS) is 17.1. The molecule has 2 aromatic rings. The molecule has 1 N–H and O–H groups in total. The summed E-state index contributed by atoms with van der Waals surface area (Å²) in [6.07, 6.45) is 8.14. The highest BCUT2D eigenvalue weighted by Gasteiger charge is 2.21. The van der Waals surface area contributed by atoms with Gasteiger partial charge in [0.25, 0.3) is 5.91 Å². The summed E-state index contributed by atoms with van der Waals surface area (Å²) in [4.78, 5) is 29.4. The van der Waals surface area contributed by atoms with Crippen molar-refractivity contribution in [3.8, 4) is 0 Å². The Morgan fingerprint density at radius 3 is 2.80 bits per heavy atom. The number of piperidine rings is 1. The zero-order valence-corrected chi connectivity index (χ0v) is 18.1. The highest BCUT2D eigenvalue weighted by Crippen LogP contribution is 2.17. The first-order valence-corrected chi connectivity index (χ1v) is 10.9. The van der Waals surface area contributed by atoms with E-state index in [-0.39, 0.29) is 18.2 Å². The number of amides is 2. The summed E-state index contributed by atoms with van der Waals surface area (Å²) in [6, 6.07) is 5.91. The first-order chi connectivity index (χ1) is 14.5. The van der Waals surface area contributed by atoms with E-state index in [1.54, 1.807) is 30.2 Å². The lowest BCUT2D eigenvalue weighted by atomic mass is 10.0. The van der Waals surface area contributed by atoms with Crippen LogP contribution in [0.15, 0.2) is 39.6 Å². The van der Waals surface area contributed by atoms with Crippen molar-refractivity contribution < 1.29 is 18.4 Å². The molecule has 7 heteroatoms. The molecule has 1 aliphatic heterocycles. The third-order valence-corrected chi connectivity index (χ3v) is 5.80. The number of rotatable bonds is 10. The van der Waals surface area contributed by atoms with Crippen LogP contribution < -0.4 is 5.32 Å². The second-order valence-electron chi connectivity index (χ2n) is 8.03. The molecule has 30 heavy (non-hydrogen) atoms. The van der Waals surface area contributed by atoms with Crippen LogP contribution in [0.1, 0.15) is 60.9 Å². The van der Waals surface area contributed by atoms with Crippen molar-refractivity contribution in [3.05, 3.63) is 47.8 Å². The lowest BCUT2D eigenvalue weighted by Gasteiger charge is -2.33. The van der Waals surface area contributed by atoms with E-state index in [9.17, 15) is 9.59 Å². The van der Waals surface area contributed by atoms with E-state index in [2.05, 4.69) is 17.1 Å². The van der Waals surface area contributed by atoms with Gasteiger partial charge in [0.05, 0.1) is 24.6 Å². The van der Waals surface area contributed by atoms with Gasteiger partial charge in [0.1, 0.15) is 11.5 Å². The minimum Gasteiger partial charge on any atom is -0.469 e. The van der Waals surface area contributed by atoms with Crippen LogP contribution >= 0.6 is 0 Å². The predicted octanol–water partition coefficient (Wildman–Crippen LogP) is 3.59. The molecule has 1 aliphatic rings. The topological polar surface area (TPSA) is 78.9 Å². The Morgan fingerprint density at radius 1 is 1.23 bits per heavy atom. The van der Waals surface area contributed by atoms with Crippen LogP contribution in [0.2, 0.25) is 0 Å². The zero-order chi connectivity index (χ0) is 21.3. The minimum absolute atomic E-state index is 0.0390. The molecule has 1 fully saturated rings. The Kier molecular flexibility index (Phi) is 8.13. The second-order valence-corrected chi connectivity index (χ2v) is 8.03. The third kappa shape index (κ3) is 6.23. The van der Waals surface area contributed by atoms with Crippen LogP contribution in [0.25, 0.3) is 0 Å². The van der Waals surface area contributed by atoms with Gasteiger partial charge in [0, 0.05) is 32.1 Å². The first kappa shape index (κ1) is 22.2. The molecule has 1 unspecified atom stereocenters. The second kappa shape index (κ2) is 11.0. The molecule has 164 valence electrons. The fourth-order valence-corrected chi connectivity index (χ4v) is 3.94. The Morgan fingerprint density at radius 2 is 2.10 bits per heavy atom. The van der Waals surface area contributed by atoms with Crippen molar-refractivity contribution in [2.45, 2.75) is 58.5 Å². The number of nitrogens with one attached hydrogen (secondary N) is 1. The van der Waals surface area contributed by atoms with Crippen molar-refractivity contribution in [3.63, 3.8) is 0 Å². The maximum absolute atomic E-state index is 12.9. The number of carbonyl (C=O) groups excluding carboxylic acids is 2. The average molecular weight is 416 g/mol. The van der Waals surface area contributed by atoms with E-state index in [0.29, 0.717) is 42.8 Å². The molecule has 1 atom stereocenters. The molecular formula is C23H33N3O4. The summed E-state index contributed by atoms with van der Waals surface area (Å²) in [5, 5.41) is 2.99. The number of aryl methyl sites for hydroxylation is 1. The van der Waals surface area contributed by atoms with Crippen LogP contribution in [-0.4, -0.2) is 53.8 Å². The van der Waals surface area contributed by atoms with Gasteiger partial charge in [-0.05, 0) is 57.9 Å². The van der Waals surface area contributed by atoms with Gasteiger partial charge in [-0.1, -0.05) is 6.42 Å². The van der Waals surface area contributed by atoms with E-state index < -0.39 is 0 Å². The van der Waals surface area contributed by atoms with Crippen molar-refractivity contribution in [2.24, 2.45) is 0 Å². The van der Waals surface area contributed by atoms with Gasteiger partial charge >= 0.3 is 0 Å². The smallest absolute Gasteiger partial charge is 0.257 e. The fraction of sp³-hybridized carbons (Fsp3) is 0.565. The molecule has 2 amide bonds. The molecule has 0 aliphatic carbocycles. The molecule has 0 bridgehead atoms. The van der Waals surface area contributed by atoms with E-state index in [1.807, 2.05) is 6.07 Å². The van der Waals surface area contributed by atoms with Gasteiger partial charge in [-0.2, -0.15) is 0 Å². The Labute approximate surface area is 178 Å². The standard InChI is InChI=1S/C23H33N3O4/c1-18-7-3-4-12-25(18)13-6-11-24-22(27)9-14-26(17-20-8-5-15-30-20)23(28)21-10-16-29-19(21)2/h5,8,10,15-16,18H,3-4,6-7,9,11-14,17H2,1-2H3,(H,24,27). The Bertz CT molecular complexity index is 799. The average Bonchev–Trinajstić information content (AvgIpc) is 3.40. The largest absolute Gasteiger partial charge is 0.469 e. The number of nitrogens with zero attached hydrogens (tertiary/aromatic N) is 2. The molecular weight excluding hydrogens is 382 g/mol. The van der Waals surface area contributed by atoms with Crippen LogP contribution in [0.4, 0.5) is 0 Å². The number of likely N-dealkylation sites (tertiary alicyclic amines) is 1. The van der Waals surface area contributed by atoms with Crippen molar-refractivity contribution in [1.82, 2.24) is 15.1 Å².